The highest BCUT2D eigenvalue weighted by Gasteiger charge is 2.01. The molecule has 0 aliphatic rings. The number of pyridine rings is 1. The summed E-state index contributed by atoms with van der Waals surface area (Å²) in [5.74, 6) is 0. The van der Waals surface area contributed by atoms with E-state index in [4.69, 9.17) is 0 Å². The zero-order chi connectivity index (χ0) is 13.5. The number of rotatable bonds is 7. The van der Waals surface area contributed by atoms with Crippen LogP contribution in [0.15, 0.2) is 49.3 Å². The average molecular weight is 270 g/mol. The third kappa shape index (κ3) is 4.78. The van der Waals surface area contributed by atoms with Crippen molar-refractivity contribution in [1.82, 2.24) is 10.3 Å². The van der Waals surface area contributed by atoms with Crippen LogP contribution < -0.4 is 5.32 Å². The summed E-state index contributed by atoms with van der Waals surface area (Å²) in [6.45, 7) is 6.92. The first kappa shape index (κ1) is 16.4. The number of allylic oxidation sites excluding steroid dienone is 1. The van der Waals surface area contributed by atoms with Crippen molar-refractivity contribution in [2.75, 3.05) is 0 Å². The van der Waals surface area contributed by atoms with Gasteiger partial charge in [-0.25, -0.2) is 0 Å². The highest BCUT2D eigenvalue weighted by Crippen LogP contribution is 2.14. The van der Waals surface area contributed by atoms with Crippen molar-refractivity contribution in [3.05, 3.63) is 54.9 Å². The fourth-order valence-electron chi connectivity index (χ4n) is 2.21. The fraction of sp³-hybridized carbons (Fsp3) is 0.389. The number of aromatic nitrogens is 1. The highest BCUT2D eigenvalue weighted by atomic mass is 14.9. The molecule has 1 aromatic carbocycles. The van der Waals surface area contributed by atoms with Crippen LogP contribution in [0.2, 0.25) is 0 Å². The minimum absolute atomic E-state index is 0. The number of hydrogen-bond donors (Lipinski definition) is 1. The van der Waals surface area contributed by atoms with Crippen LogP contribution in [-0.2, 0) is 6.54 Å². The predicted octanol–water partition coefficient (Wildman–Crippen LogP) is 4.71. The van der Waals surface area contributed by atoms with Gasteiger partial charge in [0.2, 0.25) is 0 Å². The minimum Gasteiger partial charge on any atom is -0.310 e. The van der Waals surface area contributed by atoms with Crippen LogP contribution >= 0.6 is 0 Å². The number of unbranched alkanes of at least 4 members (excludes halogenated alkanes) is 1. The summed E-state index contributed by atoms with van der Waals surface area (Å²) in [7, 11) is 0. The van der Waals surface area contributed by atoms with Gasteiger partial charge in [0.15, 0.2) is 0 Å². The molecule has 108 valence electrons. The summed E-state index contributed by atoms with van der Waals surface area (Å²) >= 11 is 0. The molecule has 1 aromatic heterocycles. The van der Waals surface area contributed by atoms with Gasteiger partial charge in [-0.15, -0.1) is 6.58 Å². The maximum atomic E-state index is 4.13. The molecule has 0 aliphatic heterocycles. The second-order valence-corrected chi connectivity index (χ2v) is 5.06. The normalized spacial score (nSPS) is 11.8. The van der Waals surface area contributed by atoms with Gasteiger partial charge in [0.05, 0.1) is 0 Å². The van der Waals surface area contributed by atoms with E-state index < -0.39 is 0 Å². The highest BCUT2D eigenvalue weighted by molar-refractivity contribution is 5.81. The molecule has 2 nitrogen and oxygen atoms in total. The van der Waals surface area contributed by atoms with Gasteiger partial charge in [-0.3, -0.25) is 4.98 Å². The van der Waals surface area contributed by atoms with E-state index in [1.54, 1.807) is 0 Å². The molecule has 1 heterocycles. The third-order valence-corrected chi connectivity index (χ3v) is 3.41. The van der Waals surface area contributed by atoms with E-state index in [-0.39, 0.29) is 7.43 Å². The molecule has 2 aromatic rings. The standard InChI is InChI=1S/C17H22N2.CH4/c1-3-4-5-6-14(2)19-12-15-7-8-17-13-18-10-9-16(17)11-15;/h3,7-11,13-14,19H,1,4-6,12H2,2H3;1H4/t14-;/m1./s1. The van der Waals surface area contributed by atoms with Crippen molar-refractivity contribution in [2.24, 2.45) is 0 Å². The Bertz CT molecular complexity index is 534. The van der Waals surface area contributed by atoms with Crippen LogP contribution in [0.25, 0.3) is 10.8 Å². The van der Waals surface area contributed by atoms with Gasteiger partial charge in [0.1, 0.15) is 0 Å². The van der Waals surface area contributed by atoms with Gasteiger partial charge in [-0.1, -0.05) is 25.6 Å². The molecule has 0 amide bonds. The van der Waals surface area contributed by atoms with Gasteiger partial charge in [-0.05, 0) is 49.3 Å². The summed E-state index contributed by atoms with van der Waals surface area (Å²) in [5.41, 5.74) is 1.33. The number of benzene rings is 1. The molecule has 0 radical (unpaired) electrons. The van der Waals surface area contributed by atoms with Crippen LogP contribution in [0.5, 0.6) is 0 Å². The van der Waals surface area contributed by atoms with Crippen LogP contribution in [-0.4, -0.2) is 11.0 Å². The van der Waals surface area contributed by atoms with Crippen LogP contribution in [0.3, 0.4) is 0 Å². The molecule has 2 rings (SSSR count). The summed E-state index contributed by atoms with van der Waals surface area (Å²) in [5, 5.41) is 6.03. The quantitative estimate of drug-likeness (QED) is 0.582. The van der Waals surface area contributed by atoms with Gasteiger partial charge < -0.3 is 5.32 Å². The van der Waals surface area contributed by atoms with Crippen LogP contribution in [0, 0.1) is 0 Å². The Morgan fingerprint density at radius 2 is 2.15 bits per heavy atom. The molecule has 0 unspecified atom stereocenters. The first-order valence-electron chi connectivity index (χ1n) is 6.96. The number of hydrogen-bond acceptors (Lipinski definition) is 2. The molecule has 2 heteroatoms. The Morgan fingerprint density at radius 3 is 2.95 bits per heavy atom. The molecule has 1 N–H and O–H groups in total. The fourth-order valence-corrected chi connectivity index (χ4v) is 2.21. The van der Waals surface area contributed by atoms with E-state index in [0.29, 0.717) is 6.04 Å². The number of fused-ring (bicyclic) bond motifs is 1. The molecule has 0 spiro atoms. The molecule has 0 saturated carbocycles. The van der Waals surface area contributed by atoms with Gasteiger partial charge >= 0.3 is 0 Å². The van der Waals surface area contributed by atoms with Crippen molar-refractivity contribution >= 4 is 10.8 Å². The molecule has 20 heavy (non-hydrogen) atoms. The van der Waals surface area contributed by atoms with Gasteiger partial charge in [0.25, 0.3) is 0 Å². The lowest BCUT2D eigenvalue weighted by molar-refractivity contribution is 0.500. The van der Waals surface area contributed by atoms with Crippen molar-refractivity contribution in [2.45, 2.75) is 46.2 Å². The van der Waals surface area contributed by atoms with E-state index >= 15 is 0 Å². The predicted molar refractivity (Wildman–Crippen MR) is 88.8 cm³/mol. The molecular weight excluding hydrogens is 244 g/mol. The average Bonchev–Trinajstić information content (AvgIpc) is 2.45. The third-order valence-electron chi connectivity index (χ3n) is 3.41. The molecule has 1 atom stereocenters. The Kier molecular flexibility index (Phi) is 6.96. The lowest BCUT2D eigenvalue weighted by Crippen LogP contribution is -2.25. The smallest absolute Gasteiger partial charge is 0.0346 e. The summed E-state index contributed by atoms with van der Waals surface area (Å²) < 4.78 is 0. The zero-order valence-electron chi connectivity index (χ0n) is 11.6. The maximum absolute atomic E-state index is 4.13. The van der Waals surface area contributed by atoms with E-state index in [1.165, 1.54) is 29.2 Å². The SMILES string of the molecule is C.C=CCCC[C@@H](C)NCc1ccc2cnccc2c1. The Morgan fingerprint density at radius 1 is 1.30 bits per heavy atom. The van der Waals surface area contributed by atoms with E-state index in [2.05, 4.69) is 48.1 Å². The Labute approximate surface area is 122 Å². The van der Waals surface area contributed by atoms with E-state index in [1.807, 2.05) is 18.5 Å². The lowest BCUT2D eigenvalue weighted by Gasteiger charge is -2.13. The maximum Gasteiger partial charge on any atom is 0.0346 e. The summed E-state index contributed by atoms with van der Waals surface area (Å²) in [6, 6.07) is 9.16. The van der Waals surface area contributed by atoms with Gasteiger partial charge in [-0.2, -0.15) is 0 Å². The molecule has 0 fully saturated rings. The second-order valence-electron chi connectivity index (χ2n) is 5.06. The lowest BCUT2D eigenvalue weighted by atomic mass is 10.1. The molecule has 0 bridgehead atoms. The van der Waals surface area contributed by atoms with Crippen molar-refractivity contribution in [1.29, 1.82) is 0 Å². The first-order chi connectivity index (χ1) is 9.29. The zero-order valence-corrected chi connectivity index (χ0v) is 11.6. The molecular formula is C18H26N2. The van der Waals surface area contributed by atoms with Crippen LogP contribution in [0.1, 0.15) is 39.2 Å². The minimum atomic E-state index is 0. The largest absolute Gasteiger partial charge is 0.310 e. The summed E-state index contributed by atoms with van der Waals surface area (Å²) in [4.78, 5) is 4.13. The van der Waals surface area contributed by atoms with Gasteiger partial charge in [0, 0.05) is 30.4 Å². The monoisotopic (exact) mass is 270 g/mol. The molecule has 0 saturated heterocycles. The topological polar surface area (TPSA) is 24.9 Å². The summed E-state index contributed by atoms with van der Waals surface area (Å²) in [6.07, 6.45) is 9.26. The molecule has 0 aliphatic carbocycles. The van der Waals surface area contributed by atoms with Crippen molar-refractivity contribution in [3.63, 3.8) is 0 Å². The van der Waals surface area contributed by atoms with E-state index in [9.17, 15) is 0 Å². The Balaban J connectivity index is 0.00000200. The Hall–Kier alpha value is -1.67. The van der Waals surface area contributed by atoms with E-state index in [0.717, 1.165) is 13.0 Å². The number of nitrogens with one attached hydrogen (secondary N) is 1. The second kappa shape index (κ2) is 8.49. The van der Waals surface area contributed by atoms with Crippen LogP contribution in [0.4, 0.5) is 0 Å². The number of nitrogens with zero attached hydrogens (tertiary/aromatic N) is 1. The van der Waals surface area contributed by atoms with Crippen molar-refractivity contribution < 1.29 is 0 Å². The first-order valence-corrected chi connectivity index (χ1v) is 6.96. The van der Waals surface area contributed by atoms with Crippen molar-refractivity contribution in [3.8, 4) is 0 Å².